The Morgan fingerprint density at radius 2 is 1.25 bits per heavy atom. The molecule has 6 atom stereocenters. The molecule has 2 bridgehead atoms. The molecule has 3 rings (SSSR count). The lowest BCUT2D eigenvalue weighted by Gasteiger charge is -2.33. The van der Waals surface area contributed by atoms with Gasteiger partial charge in [0.05, 0.1) is 11.8 Å². The molecule has 0 radical (unpaired) electrons. The summed E-state index contributed by atoms with van der Waals surface area (Å²) in [4.78, 5) is 22.5. The summed E-state index contributed by atoms with van der Waals surface area (Å²) >= 11 is 0. The zero-order valence-corrected chi connectivity index (χ0v) is 9.00. The van der Waals surface area contributed by atoms with Crippen LogP contribution in [0.4, 0.5) is 0 Å². The fourth-order valence-corrected chi connectivity index (χ4v) is 4.78. The molecule has 4 nitrogen and oxygen atoms in total. The molecule has 4 heteroatoms. The van der Waals surface area contributed by atoms with Crippen molar-refractivity contribution in [1.29, 1.82) is 0 Å². The van der Waals surface area contributed by atoms with Gasteiger partial charge in [-0.05, 0) is 42.9 Å². The number of carboxylic acid groups (broad SMARTS) is 2. The van der Waals surface area contributed by atoms with E-state index in [2.05, 4.69) is 0 Å². The summed E-state index contributed by atoms with van der Waals surface area (Å²) in [6.07, 6.45) is 4.22. The van der Waals surface area contributed by atoms with E-state index in [1.165, 1.54) is 0 Å². The standard InChI is InChI=1S/C12H16O4/c13-11(14)9-7-4-8(10(9)12(15)16)6-3-1-2-5(6)7/h5-10H,1-4H2,(H,13,14)(H,15,16). The van der Waals surface area contributed by atoms with Gasteiger partial charge in [-0.15, -0.1) is 0 Å². The Bertz CT molecular complexity index is 319. The SMILES string of the molecule is O=C(O)C1C2CC(C3CCCC32)C1C(=O)O. The Balaban J connectivity index is 1.95. The summed E-state index contributed by atoms with van der Waals surface area (Å²) in [6, 6.07) is 0. The monoisotopic (exact) mass is 224 g/mol. The van der Waals surface area contributed by atoms with Crippen molar-refractivity contribution in [1.82, 2.24) is 0 Å². The molecule has 2 N–H and O–H groups in total. The zero-order chi connectivity index (χ0) is 11.4. The summed E-state index contributed by atoms with van der Waals surface area (Å²) in [7, 11) is 0. The molecule has 0 aromatic heterocycles. The van der Waals surface area contributed by atoms with Crippen LogP contribution < -0.4 is 0 Å². The molecule has 3 aliphatic carbocycles. The highest BCUT2D eigenvalue weighted by Crippen LogP contribution is 2.63. The van der Waals surface area contributed by atoms with Crippen LogP contribution in [-0.4, -0.2) is 22.2 Å². The minimum absolute atomic E-state index is 0.135. The van der Waals surface area contributed by atoms with Crippen molar-refractivity contribution in [3.63, 3.8) is 0 Å². The molecule has 0 aromatic carbocycles. The van der Waals surface area contributed by atoms with E-state index in [9.17, 15) is 19.8 Å². The first-order valence-electron chi connectivity index (χ1n) is 6.07. The maximum absolute atomic E-state index is 11.2. The van der Waals surface area contributed by atoms with E-state index in [1.54, 1.807) is 0 Å². The van der Waals surface area contributed by atoms with Gasteiger partial charge in [-0.25, -0.2) is 0 Å². The van der Waals surface area contributed by atoms with Gasteiger partial charge >= 0.3 is 11.9 Å². The molecule has 3 fully saturated rings. The topological polar surface area (TPSA) is 74.6 Å². The number of rotatable bonds is 2. The molecule has 3 saturated carbocycles. The summed E-state index contributed by atoms with van der Waals surface area (Å²) < 4.78 is 0. The van der Waals surface area contributed by atoms with Crippen molar-refractivity contribution in [2.75, 3.05) is 0 Å². The van der Waals surface area contributed by atoms with E-state index in [0.29, 0.717) is 11.8 Å². The second kappa shape index (κ2) is 3.22. The Hall–Kier alpha value is -1.06. The minimum atomic E-state index is -0.898. The van der Waals surface area contributed by atoms with Gasteiger partial charge in [0.15, 0.2) is 0 Å². The third-order valence-corrected chi connectivity index (χ3v) is 5.15. The van der Waals surface area contributed by atoms with E-state index in [-0.39, 0.29) is 11.8 Å². The first kappa shape index (κ1) is 10.1. The van der Waals surface area contributed by atoms with Gasteiger partial charge in [0.2, 0.25) is 0 Å². The maximum atomic E-state index is 11.2. The van der Waals surface area contributed by atoms with Crippen molar-refractivity contribution < 1.29 is 19.8 Å². The van der Waals surface area contributed by atoms with Crippen LogP contribution in [0.5, 0.6) is 0 Å². The molecule has 0 saturated heterocycles. The van der Waals surface area contributed by atoms with Gasteiger partial charge in [0, 0.05) is 0 Å². The molecule has 88 valence electrons. The van der Waals surface area contributed by atoms with Gasteiger partial charge in [-0.3, -0.25) is 9.59 Å². The molecular formula is C12H16O4. The van der Waals surface area contributed by atoms with Crippen molar-refractivity contribution in [3.05, 3.63) is 0 Å². The predicted molar refractivity (Wildman–Crippen MR) is 54.7 cm³/mol. The van der Waals surface area contributed by atoms with Crippen molar-refractivity contribution >= 4 is 11.9 Å². The van der Waals surface area contributed by atoms with Gasteiger partial charge < -0.3 is 10.2 Å². The highest BCUT2D eigenvalue weighted by Gasteiger charge is 2.63. The number of carbonyl (C=O) groups is 2. The molecule has 0 spiro atoms. The third-order valence-electron chi connectivity index (χ3n) is 5.15. The number of fused-ring (bicyclic) bond motifs is 5. The second-order valence-electron chi connectivity index (χ2n) is 5.55. The van der Waals surface area contributed by atoms with Crippen molar-refractivity contribution in [2.45, 2.75) is 25.7 Å². The van der Waals surface area contributed by atoms with Crippen LogP contribution in [0.25, 0.3) is 0 Å². The largest absolute Gasteiger partial charge is 0.481 e. The van der Waals surface area contributed by atoms with Gasteiger partial charge in [-0.1, -0.05) is 6.42 Å². The Morgan fingerprint density at radius 1 is 0.812 bits per heavy atom. The van der Waals surface area contributed by atoms with Gasteiger partial charge in [-0.2, -0.15) is 0 Å². The quantitative estimate of drug-likeness (QED) is 0.744. The second-order valence-corrected chi connectivity index (χ2v) is 5.55. The number of hydrogen-bond acceptors (Lipinski definition) is 2. The predicted octanol–water partition coefficient (Wildman–Crippen LogP) is 1.45. The highest BCUT2D eigenvalue weighted by molar-refractivity contribution is 5.81. The molecule has 0 heterocycles. The first-order chi connectivity index (χ1) is 7.61. The Morgan fingerprint density at radius 3 is 1.62 bits per heavy atom. The van der Waals surface area contributed by atoms with Gasteiger partial charge in [0.25, 0.3) is 0 Å². The molecule has 3 aliphatic rings. The van der Waals surface area contributed by atoms with E-state index in [1.807, 2.05) is 0 Å². The summed E-state index contributed by atoms with van der Waals surface area (Å²) in [5.41, 5.74) is 0. The molecule has 0 aromatic rings. The Labute approximate surface area is 93.6 Å². The lowest BCUT2D eigenvalue weighted by Crippen LogP contribution is -2.40. The fourth-order valence-electron chi connectivity index (χ4n) is 4.78. The van der Waals surface area contributed by atoms with E-state index < -0.39 is 23.8 Å². The van der Waals surface area contributed by atoms with E-state index in [0.717, 1.165) is 25.7 Å². The van der Waals surface area contributed by atoms with Crippen LogP contribution in [0.15, 0.2) is 0 Å². The van der Waals surface area contributed by atoms with Crippen LogP contribution in [0.1, 0.15) is 25.7 Å². The van der Waals surface area contributed by atoms with Crippen LogP contribution >= 0.6 is 0 Å². The fraction of sp³-hybridized carbons (Fsp3) is 0.833. The highest BCUT2D eigenvalue weighted by atomic mass is 16.4. The minimum Gasteiger partial charge on any atom is -0.481 e. The van der Waals surface area contributed by atoms with E-state index in [4.69, 9.17) is 0 Å². The first-order valence-corrected chi connectivity index (χ1v) is 6.07. The zero-order valence-electron chi connectivity index (χ0n) is 9.00. The number of aliphatic carboxylic acids is 2. The molecule has 16 heavy (non-hydrogen) atoms. The molecule has 0 amide bonds. The van der Waals surface area contributed by atoms with Gasteiger partial charge in [0.1, 0.15) is 0 Å². The normalized spacial score (nSPS) is 49.2. The smallest absolute Gasteiger partial charge is 0.307 e. The summed E-state index contributed by atoms with van der Waals surface area (Å²) in [6.45, 7) is 0. The van der Waals surface area contributed by atoms with Crippen LogP contribution in [0.2, 0.25) is 0 Å². The van der Waals surface area contributed by atoms with Crippen LogP contribution in [-0.2, 0) is 9.59 Å². The number of hydrogen-bond donors (Lipinski definition) is 2. The third kappa shape index (κ3) is 1.10. The summed E-state index contributed by atoms with van der Waals surface area (Å²) in [5, 5.41) is 18.4. The van der Waals surface area contributed by atoms with Crippen LogP contribution in [0, 0.1) is 35.5 Å². The molecule has 0 aliphatic heterocycles. The van der Waals surface area contributed by atoms with Crippen molar-refractivity contribution in [3.8, 4) is 0 Å². The van der Waals surface area contributed by atoms with Crippen LogP contribution in [0.3, 0.4) is 0 Å². The average Bonchev–Trinajstić information content (AvgIpc) is 2.87. The average molecular weight is 224 g/mol. The maximum Gasteiger partial charge on any atom is 0.307 e. The Kier molecular flexibility index (Phi) is 2.03. The lowest BCUT2D eigenvalue weighted by molar-refractivity contribution is -0.158. The molecular weight excluding hydrogens is 208 g/mol. The summed E-state index contributed by atoms with van der Waals surface area (Å²) in [5.74, 6) is -1.77. The lowest BCUT2D eigenvalue weighted by atomic mass is 9.69. The molecule has 6 unspecified atom stereocenters. The number of carboxylic acids is 2. The van der Waals surface area contributed by atoms with Crippen molar-refractivity contribution in [2.24, 2.45) is 35.5 Å². The van der Waals surface area contributed by atoms with E-state index >= 15 is 0 Å².